The molecule has 0 saturated carbocycles. The summed E-state index contributed by atoms with van der Waals surface area (Å²) in [4.78, 5) is 2.17. The fourth-order valence-electron chi connectivity index (χ4n) is 3.61. The summed E-state index contributed by atoms with van der Waals surface area (Å²) in [7, 11) is 3.70. The molecule has 2 aromatic carbocycles. The van der Waals surface area contributed by atoms with Crippen LogP contribution in [0.25, 0.3) is 17.1 Å². The van der Waals surface area contributed by atoms with Gasteiger partial charge in [0, 0.05) is 19.7 Å². The third-order valence-electron chi connectivity index (χ3n) is 5.53. The van der Waals surface area contributed by atoms with Gasteiger partial charge < -0.3 is 19.8 Å². The highest BCUT2D eigenvalue weighted by Gasteiger charge is 2.21. The van der Waals surface area contributed by atoms with Gasteiger partial charge in [0.15, 0.2) is 11.0 Å². The largest absolute Gasteiger partial charge is 0.508 e. The number of thiol groups is 1. The van der Waals surface area contributed by atoms with E-state index in [9.17, 15) is 10.2 Å². The number of nitrogens with zero attached hydrogens (tertiary/aromatic N) is 4. The van der Waals surface area contributed by atoms with Crippen LogP contribution in [0, 0.1) is 5.92 Å². The molecule has 7 nitrogen and oxygen atoms in total. The SMILES string of the molecule is COc1ccc(-n2c(S)nnc2-c2cc(C(C)C)c(O)cc2O)cc1N(C)CCC(C)C. The van der Waals surface area contributed by atoms with E-state index in [-0.39, 0.29) is 17.4 Å². The van der Waals surface area contributed by atoms with E-state index >= 15 is 0 Å². The van der Waals surface area contributed by atoms with Gasteiger partial charge in [0.05, 0.1) is 24.0 Å². The molecular formula is C24H32N4O3S. The lowest BCUT2D eigenvalue weighted by Gasteiger charge is -2.24. The second-order valence-electron chi connectivity index (χ2n) is 8.70. The van der Waals surface area contributed by atoms with Crippen molar-refractivity contribution in [2.24, 2.45) is 5.92 Å². The van der Waals surface area contributed by atoms with Crippen molar-refractivity contribution >= 4 is 18.3 Å². The van der Waals surface area contributed by atoms with Gasteiger partial charge in [-0.15, -0.1) is 22.8 Å². The number of aromatic hydroxyl groups is 2. The van der Waals surface area contributed by atoms with Gasteiger partial charge in [-0.2, -0.15) is 0 Å². The predicted molar refractivity (Wildman–Crippen MR) is 131 cm³/mol. The minimum atomic E-state index is -0.0725. The first-order valence-electron chi connectivity index (χ1n) is 10.7. The molecule has 0 aliphatic heterocycles. The molecule has 1 aromatic heterocycles. The Bertz CT molecular complexity index is 1100. The maximum atomic E-state index is 10.6. The molecule has 172 valence electrons. The van der Waals surface area contributed by atoms with Crippen molar-refractivity contribution in [3.05, 3.63) is 35.9 Å². The quantitative estimate of drug-likeness (QED) is 0.402. The Hall–Kier alpha value is -2.87. The molecule has 0 aliphatic rings. The van der Waals surface area contributed by atoms with Crippen molar-refractivity contribution in [3.8, 4) is 34.3 Å². The Kier molecular flexibility index (Phi) is 7.23. The van der Waals surface area contributed by atoms with E-state index in [1.54, 1.807) is 17.7 Å². The molecule has 3 aromatic rings. The maximum Gasteiger partial charge on any atom is 0.193 e. The average Bonchev–Trinajstić information content (AvgIpc) is 3.12. The summed E-state index contributed by atoms with van der Waals surface area (Å²) >= 11 is 4.52. The molecule has 2 N–H and O–H groups in total. The van der Waals surface area contributed by atoms with Crippen LogP contribution in [0.15, 0.2) is 35.5 Å². The molecule has 0 atom stereocenters. The van der Waals surface area contributed by atoms with Crippen LogP contribution in [0.2, 0.25) is 0 Å². The molecule has 0 spiro atoms. The molecule has 0 bridgehead atoms. The number of phenolic OH excluding ortho intramolecular Hbond substituents is 2. The van der Waals surface area contributed by atoms with Gasteiger partial charge in [-0.1, -0.05) is 27.7 Å². The average molecular weight is 457 g/mol. The molecular weight excluding hydrogens is 424 g/mol. The first-order valence-corrected chi connectivity index (χ1v) is 11.2. The number of hydrogen-bond acceptors (Lipinski definition) is 7. The second kappa shape index (κ2) is 9.73. The van der Waals surface area contributed by atoms with E-state index in [4.69, 9.17) is 4.74 Å². The monoisotopic (exact) mass is 456 g/mol. The topological polar surface area (TPSA) is 83.6 Å². The number of rotatable bonds is 8. The van der Waals surface area contributed by atoms with Crippen LogP contribution >= 0.6 is 12.6 Å². The molecule has 0 radical (unpaired) electrons. The Balaban J connectivity index is 2.13. The van der Waals surface area contributed by atoms with Crippen molar-refractivity contribution in [2.75, 3.05) is 25.6 Å². The predicted octanol–water partition coefficient (Wildman–Crippen LogP) is 5.25. The summed E-state index contributed by atoms with van der Waals surface area (Å²) in [6, 6.07) is 8.92. The zero-order chi connectivity index (χ0) is 23.6. The highest BCUT2D eigenvalue weighted by molar-refractivity contribution is 7.80. The van der Waals surface area contributed by atoms with E-state index in [1.165, 1.54) is 6.07 Å². The molecule has 8 heteroatoms. The molecule has 0 saturated heterocycles. The number of anilines is 1. The maximum absolute atomic E-state index is 10.6. The van der Waals surface area contributed by atoms with Crippen molar-refractivity contribution in [3.63, 3.8) is 0 Å². The third kappa shape index (κ3) is 4.80. The number of methoxy groups -OCH3 is 1. The normalized spacial score (nSPS) is 11.4. The van der Waals surface area contributed by atoms with Gasteiger partial charge in [0.2, 0.25) is 0 Å². The Morgan fingerprint density at radius 2 is 1.78 bits per heavy atom. The van der Waals surface area contributed by atoms with Crippen LogP contribution < -0.4 is 9.64 Å². The molecule has 3 rings (SSSR count). The van der Waals surface area contributed by atoms with Gasteiger partial charge in [0.25, 0.3) is 0 Å². The van der Waals surface area contributed by atoms with Crippen LogP contribution in [0.4, 0.5) is 5.69 Å². The van der Waals surface area contributed by atoms with Gasteiger partial charge in [-0.25, -0.2) is 0 Å². The zero-order valence-electron chi connectivity index (χ0n) is 19.5. The summed E-state index contributed by atoms with van der Waals surface area (Å²) in [6.07, 6.45) is 1.05. The van der Waals surface area contributed by atoms with Crippen LogP contribution in [0.5, 0.6) is 17.2 Å². The van der Waals surface area contributed by atoms with Crippen LogP contribution in [0.3, 0.4) is 0 Å². The number of ether oxygens (including phenoxy) is 1. The van der Waals surface area contributed by atoms with Gasteiger partial charge in [-0.05, 0) is 48.1 Å². The first kappa shape index (κ1) is 23.8. The van der Waals surface area contributed by atoms with E-state index in [0.29, 0.717) is 22.5 Å². The van der Waals surface area contributed by atoms with Gasteiger partial charge >= 0.3 is 0 Å². The fourth-order valence-corrected chi connectivity index (χ4v) is 3.87. The molecule has 0 fully saturated rings. The lowest BCUT2D eigenvalue weighted by molar-refractivity contribution is 0.414. The van der Waals surface area contributed by atoms with Crippen molar-refractivity contribution < 1.29 is 14.9 Å². The minimum absolute atomic E-state index is 0.0527. The summed E-state index contributed by atoms with van der Waals surface area (Å²) in [5.41, 5.74) is 2.93. The van der Waals surface area contributed by atoms with Gasteiger partial charge in [0.1, 0.15) is 17.2 Å². The van der Waals surface area contributed by atoms with Crippen molar-refractivity contribution in [2.45, 2.75) is 45.2 Å². The Labute approximate surface area is 195 Å². The van der Waals surface area contributed by atoms with Crippen molar-refractivity contribution in [1.82, 2.24) is 14.8 Å². The van der Waals surface area contributed by atoms with Gasteiger partial charge in [-0.3, -0.25) is 4.57 Å². The zero-order valence-corrected chi connectivity index (χ0v) is 20.4. The Morgan fingerprint density at radius 1 is 1.06 bits per heavy atom. The molecule has 32 heavy (non-hydrogen) atoms. The second-order valence-corrected chi connectivity index (χ2v) is 9.10. The van der Waals surface area contributed by atoms with Crippen LogP contribution in [0.1, 0.15) is 45.6 Å². The minimum Gasteiger partial charge on any atom is -0.508 e. The summed E-state index contributed by atoms with van der Waals surface area (Å²) in [5, 5.41) is 29.6. The lowest BCUT2D eigenvalue weighted by atomic mass is 9.98. The van der Waals surface area contributed by atoms with Crippen LogP contribution in [-0.2, 0) is 0 Å². The molecule has 0 aliphatic carbocycles. The van der Waals surface area contributed by atoms with E-state index in [2.05, 4.69) is 41.6 Å². The smallest absolute Gasteiger partial charge is 0.193 e. The number of hydrogen-bond donors (Lipinski definition) is 3. The standard InChI is InChI=1S/C24H32N4O3S/c1-14(2)9-10-27(5)19-11-16(7-8-22(19)31-6)28-23(25-26-24(28)32)18-12-17(15(3)4)20(29)13-21(18)30/h7-8,11-15,29-30H,9-10H2,1-6H3,(H,26,32). The first-order chi connectivity index (χ1) is 15.1. The van der Waals surface area contributed by atoms with E-state index < -0.39 is 0 Å². The summed E-state index contributed by atoms with van der Waals surface area (Å²) < 4.78 is 7.37. The molecule has 1 heterocycles. The number of aromatic nitrogens is 3. The summed E-state index contributed by atoms with van der Waals surface area (Å²) in [5.74, 6) is 1.85. The third-order valence-corrected chi connectivity index (χ3v) is 5.82. The van der Waals surface area contributed by atoms with E-state index in [0.717, 1.165) is 35.7 Å². The fraction of sp³-hybridized carbons (Fsp3) is 0.417. The highest BCUT2D eigenvalue weighted by atomic mass is 32.1. The number of benzene rings is 2. The summed E-state index contributed by atoms with van der Waals surface area (Å²) in [6.45, 7) is 9.25. The molecule has 0 amide bonds. The Morgan fingerprint density at radius 3 is 2.41 bits per heavy atom. The van der Waals surface area contributed by atoms with E-state index in [1.807, 2.05) is 39.1 Å². The van der Waals surface area contributed by atoms with Crippen molar-refractivity contribution in [1.29, 1.82) is 0 Å². The van der Waals surface area contributed by atoms with Crippen LogP contribution in [-0.4, -0.2) is 45.7 Å². The number of phenols is 2. The molecule has 0 unspecified atom stereocenters. The highest BCUT2D eigenvalue weighted by Crippen LogP contribution is 2.39. The lowest BCUT2D eigenvalue weighted by Crippen LogP contribution is -2.20.